The second kappa shape index (κ2) is 8.56. The van der Waals surface area contributed by atoms with Crippen LogP contribution in [0.15, 0.2) is 18.3 Å². The number of carbonyl (C=O) groups is 1. The number of alkyl halides is 3. The summed E-state index contributed by atoms with van der Waals surface area (Å²) in [7, 11) is -0.612. The summed E-state index contributed by atoms with van der Waals surface area (Å²) in [6, 6.07) is 2.80. The maximum atomic E-state index is 12.3. The van der Waals surface area contributed by atoms with Gasteiger partial charge in [0.25, 0.3) is 14.4 Å². The van der Waals surface area contributed by atoms with E-state index in [0.29, 0.717) is 0 Å². The Kier molecular flexibility index (Phi) is 6.67. The Morgan fingerprint density at radius 1 is 1.50 bits per heavy atom. The van der Waals surface area contributed by atoms with Gasteiger partial charge in [-0.25, -0.2) is 4.68 Å². The molecule has 1 amide bonds. The first-order chi connectivity index (χ1) is 12.2. The summed E-state index contributed by atoms with van der Waals surface area (Å²) >= 11 is 0. The molecule has 4 N–H and O–H groups in total. The highest BCUT2D eigenvalue weighted by Crippen LogP contribution is 2.21. The van der Waals surface area contributed by atoms with Crippen LogP contribution in [0.2, 0.25) is 0 Å². The van der Waals surface area contributed by atoms with Gasteiger partial charge in [-0.1, -0.05) is 0 Å². The van der Waals surface area contributed by atoms with E-state index in [9.17, 15) is 18.0 Å². The minimum absolute atomic E-state index is 0.104. The molecular formula is C12H16F3N6O4P. The zero-order valence-electron chi connectivity index (χ0n) is 13.5. The molecule has 0 saturated heterocycles. The Morgan fingerprint density at radius 3 is 2.88 bits per heavy atom. The Labute approximate surface area is 146 Å². The third-order valence-corrected chi connectivity index (χ3v) is 3.33. The summed E-state index contributed by atoms with van der Waals surface area (Å²) < 4.78 is 48.0. The summed E-state index contributed by atoms with van der Waals surface area (Å²) in [5, 5.41) is 10.4. The van der Waals surface area contributed by atoms with Crippen LogP contribution in [0.1, 0.15) is 16.2 Å². The number of nitrogens with zero attached hydrogens (tertiary/aromatic N) is 4. The lowest BCUT2D eigenvalue weighted by molar-refractivity contribution is -0.176. The Balaban J connectivity index is 1.99. The first kappa shape index (κ1) is 20.3. The number of nitrogens with two attached hydrogens (primary N) is 1. The van der Waals surface area contributed by atoms with E-state index < -0.39 is 27.2 Å². The highest BCUT2D eigenvalue weighted by Gasteiger charge is 2.27. The van der Waals surface area contributed by atoms with Crippen molar-refractivity contribution in [3.8, 4) is 0 Å². The molecule has 10 nitrogen and oxygen atoms in total. The molecule has 2 aromatic heterocycles. The van der Waals surface area contributed by atoms with Gasteiger partial charge in [-0.3, -0.25) is 19.5 Å². The lowest BCUT2D eigenvalue weighted by Crippen LogP contribution is -2.19. The standard InChI is InChI=1S/C12H16F3N6O4P/c1-20-9(4-8(19-20)5-24-6-12(13,14)15)11(22)18-10-2-3-17-21(10)7-25-26(16)23/h2-4,23H,5-7,16H2,1H3,(H,18,22). The van der Waals surface area contributed by atoms with E-state index in [4.69, 9.17) is 14.9 Å². The van der Waals surface area contributed by atoms with E-state index in [0.717, 1.165) is 0 Å². The van der Waals surface area contributed by atoms with Crippen molar-refractivity contribution in [1.29, 1.82) is 0 Å². The van der Waals surface area contributed by atoms with Gasteiger partial charge in [-0.05, 0) is 6.07 Å². The first-order valence-electron chi connectivity index (χ1n) is 7.03. The van der Waals surface area contributed by atoms with Crippen molar-refractivity contribution in [3.05, 3.63) is 29.7 Å². The molecule has 0 aliphatic rings. The van der Waals surface area contributed by atoms with Gasteiger partial charge in [0.1, 0.15) is 24.8 Å². The van der Waals surface area contributed by atoms with Gasteiger partial charge in [0.15, 0.2) is 0 Å². The zero-order valence-corrected chi connectivity index (χ0v) is 14.4. The van der Waals surface area contributed by atoms with Gasteiger partial charge < -0.3 is 14.9 Å². The summed E-state index contributed by atoms with van der Waals surface area (Å²) in [4.78, 5) is 21.3. The number of carbonyl (C=O) groups excluding carboxylic acids is 1. The smallest absolute Gasteiger partial charge is 0.366 e. The lowest BCUT2D eigenvalue weighted by atomic mass is 10.3. The second-order valence-corrected chi connectivity index (χ2v) is 5.85. The molecule has 26 heavy (non-hydrogen) atoms. The molecule has 1 atom stereocenters. The van der Waals surface area contributed by atoms with E-state index in [1.165, 1.54) is 34.7 Å². The molecule has 2 rings (SSSR count). The van der Waals surface area contributed by atoms with E-state index in [1.807, 2.05) is 0 Å². The molecule has 0 fully saturated rings. The Morgan fingerprint density at radius 2 is 2.23 bits per heavy atom. The SMILES string of the molecule is Cn1nc(COCC(F)(F)F)cc1C(=O)Nc1ccnn1COP(N)O. The van der Waals surface area contributed by atoms with Crippen molar-refractivity contribution in [3.63, 3.8) is 0 Å². The number of aryl methyl sites for hydroxylation is 1. The predicted molar refractivity (Wildman–Crippen MR) is 83.5 cm³/mol. The maximum Gasteiger partial charge on any atom is 0.411 e. The number of hydrogen-bond donors (Lipinski definition) is 3. The van der Waals surface area contributed by atoms with E-state index in [-0.39, 0.29) is 30.5 Å². The summed E-state index contributed by atoms with van der Waals surface area (Å²) in [5.74, 6) is -0.300. The number of amides is 1. The minimum Gasteiger partial charge on any atom is -0.366 e. The van der Waals surface area contributed by atoms with Crippen molar-refractivity contribution in [2.75, 3.05) is 11.9 Å². The van der Waals surface area contributed by atoms with Crippen molar-refractivity contribution < 1.29 is 32.1 Å². The molecular weight excluding hydrogens is 380 g/mol. The van der Waals surface area contributed by atoms with Crippen molar-refractivity contribution in [2.45, 2.75) is 19.5 Å². The summed E-state index contributed by atoms with van der Waals surface area (Å²) in [6.45, 7) is -1.97. The largest absolute Gasteiger partial charge is 0.411 e. The first-order valence-corrected chi connectivity index (χ1v) is 8.31. The average molecular weight is 396 g/mol. The monoisotopic (exact) mass is 396 g/mol. The highest BCUT2D eigenvalue weighted by molar-refractivity contribution is 7.43. The van der Waals surface area contributed by atoms with Gasteiger partial charge in [-0.2, -0.15) is 23.4 Å². The lowest BCUT2D eigenvalue weighted by Gasteiger charge is -2.10. The van der Waals surface area contributed by atoms with Crippen molar-refractivity contribution >= 4 is 20.3 Å². The summed E-state index contributed by atoms with van der Waals surface area (Å²) in [6.07, 6.45) is -3.04. The number of aromatic nitrogens is 4. The van der Waals surface area contributed by atoms with Crippen LogP contribution in [0.4, 0.5) is 19.0 Å². The van der Waals surface area contributed by atoms with E-state index in [2.05, 4.69) is 20.3 Å². The van der Waals surface area contributed by atoms with E-state index in [1.54, 1.807) is 0 Å². The number of halogens is 3. The number of nitrogens with one attached hydrogen (secondary N) is 1. The molecule has 0 aliphatic carbocycles. The maximum absolute atomic E-state index is 12.3. The fraction of sp³-hybridized carbons (Fsp3) is 0.417. The fourth-order valence-electron chi connectivity index (χ4n) is 1.92. The highest BCUT2D eigenvalue weighted by atomic mass is 31.2. The molecule has 0 saturated carbocycles. The minimum atomic E-state index is -4.44. The number of anilines is 1. The van der Waals surface area contributed by atoms with Crippen molar-refractivity contribution in [2.24, 2.45) is 12.6 Å². The van der Waals surface area contributed by atoms with Gasteiger partial charge >= 0.3 is 6.18 Å². The molecule has 0 aliphatic heterocycles. The molecule has 1 unspecified atom stereocenters. The van der Waals surface area contributed by atoms with Crippen LogP contribution >= 0.6 is 8.53 Å². The fourth-order valence-corrected chi connectivity index (χ4v) is 2.14. The van der Waals surface area contributed by atoms with Crippen LogP contribution in [-0.2, 0) is 29.6 Å². The third kappa shape index (κ3) is 6.04. The zero-order chi connectivity index (χ0) is 19.3. The topological polar surface area (TPSA) is 129 Å². The van der Waals surface area contributed by atoms with Crippen LogP contribution in [0.25, 0.3) is 0 Å². The quantitative estimate of drug-likeness (QED) is 0.570. The molecule has 0 spiro atoms. The molecule has 144 valence electrons. The van der Waals surface area contributed by atoms with Gasteiger partial charge in [0.2, 0.25) is 0 Å². The number of ether oxygens (including phenoxy) is 1. The predicted octanol–water partition coefficient (Wildman–Crippen LogP) is 1.10. The van der Waals surface area contributed by atoms with Crippen molar-refractivity contribution in [1.82, 2.24) is 19.6 Å². The van der Waals surface area contributed by atoms with Crippen LogP contribution in [0.3, 0.4) is 0 Å². The average Bonchev–Trinajstić information content (AvgIpc) is 3.10. The summed E-state index contributed by atoms with van der Waals surface area (Å²) in [5.41, 5.74) is 5.39. The molecule has 0 aromatic carbocycles. The normalized spacial score (nSPS) is 13.0. The van der Waals surface area contributed by atoms with Crippen LogP contribution < -0.4 is 10.8 Å². The Hall–Kier alpha value is -2.05. The molecule has 2 heterocycles. The van der Waals surface area contributed by atoms with Crippen LogP contribution in [-0.4, -0.2) is 43.1 Å². The van der Waals surface area contributed by atoms with Crippen LogP contribution in [0.5, 0.6) is 0 Å². The molecule has 0 bridgehead atoms. The third-order valence-electron chi connectivity index (χ3n) is 2.95. The molecule has 0 radical (unpaired) electrons. The van der Waals surface area contributed by atoms with Gasteiger partial charge in [0, 0.05) is 13.1 Å². The van der Waals surface area contributed by atoms with Gasteiger partial charge in [0.05, 0.1) is 18.5 Å². The molecule has 2 aromatic rings. The Bertz CT molecular complexity index is 748. The second-order valence-electron chi connectivity index (χ2n) is 4.98. The van der Waals surface area contributed by atoms with Gasteiger partial charge in [-0.15, -0.1) is 0 Å². The van der Waals surface area contributed by atoms with E-state index >= 15 is 0 Å². The van der Waals surface area contributed by atoms with Crippen LogP contribution in [0, 0.1) is 0 Å². The molecule has 14 heteroatoms. The number of rotatable bonds is 8. The number of hydrogen-bond acceptors (Lipinski definition) is 7.